The lowest BCUT2D eigenvalue weighted by Crippen LogP contribution is -2.38. The van der Waals surface area contributed by atoms with E-state index in [1.807, 2.05) is 0 Å². The summed E-state index contributed by atoms with van der Waals surface area (Å²) < 4.78 is 5.29. The molecule has 0 saturated carbocycles. The van der Waals surface area contributed by atoms with Crippen LogP contribution in [-0.4, -0.2) is 25.2 Å². The van der Waals surface area contributed by atoms with Crippen LogP contribution in [0.15, 0.2) is 11.6 Å². The number of ether oxygens (including phenoxy) is 1. The van der Waals surface area contributed by atoms with Gasteiger partial charge in [-0.1, -0.05) is 18.2 Å². The normalized spacial score (nSPS) is 22.4. The average Bonchev–Trinajstić information content (AvgIpc) is 2.15. The Morgan fingerprint density at radius 2 is 2.38 bits per heavy atom. The van der Waals surface area contributed by atoms with Crippen LogP contribution < -0.4 is 5.32 Å². The highest BCUT2D eigenvalue weighted by Gasteiger charge is 2.21. The number of halogens is 1. The Labute approximate surface area is 83.1 Å². The van der Waals surface area contributed by atoms with Gasteiger partial charge in [-0.05, 0) is 19.3 Å². The van der Waals surface area contributed by atoms with E-state index in [1.165, 1.54) is 0 Å². The van der Waals surface area contributed by atoms with Gasteiger partial charge in [0.25, 0.3) is 0 Å². The molecule has 1 unspecified atom stereocenters. The van der Waals surface area contributed by atoms with E-state index in [4.69, 9.17) is 16.3 Å². The molecule has 1 fully saturated rings. The summed E-state index contributed by atoms with van der Waals surface area (Å²) in [6.45, 7) is 4.48. The molecule has 1 atom stereocenters. The minimum absolute atomic E-state index is 0.0819. The highest BCUT2D eigenvalue weighted by atomic mass is 35.5. The van der Waals surface area contributed by atoms with Crippen LogP contribution in [0.25, 0.3) is 0 Å². The predicted octanol–water partition coefficient (Wildman–Crippen LogP) is 1.42. The van der Waals surface area contributed by atoms with Crippen LogP contribution in [0.4, 0.5) is 0 Å². The van der Waals surface area contributed by atoms with Gasteiger partial charge < -0.3 is 10.1 Å². The van der Waals surface area contributed by atoms with E-state index in [9.17, 15) is 4.79 Å². The largest absolute Gasteiger partial charge is 0.368 e. The number of rotatable bonds is 3. The van der Waals surface area contributed by atoms with Gasteiger partial charge in [0.15, 0.2) is 0 Å². The van der Waals surface area contributed by atoms with E-state index in [2.05, 4.69) is 11.9 Å². The van der Waals surface area contributed by atoms with Crippen LogP contribution in [0.5, 0.6) is 0 Å². The maximum atomic E-state index is 11.4. The van der Waals surface area contributed by atoms with Crippen LogP contribution >= 0.6 is 11.6 Å². The van der Waals surface area contributed by atoms with Gasteiger partial charge >= 0.3 is 0 Å². The summed E-state index contributed by atoms with van der Waals surface area (Å²) in [4.78, 5) is 11.4. The molecule has 1 saturated heterocycles. The van der Waals surface area contributed by atoms with Crippen molar-refractivity contribution in [1.82, 2.24) is 5.32 Å². The molecule has 0 radical (unpaired) electrons. The lowest BCUT2D eigenvalue weighted by Gasteiger charge is -2.21. The quantitative estimate of drug-likeness (QED) is 0.754. The Balaban J connectivity index is 2.25. The van der Waals surface area contributed by atoms with Gasteiger partial charge in [-0.3, -0.25) is 4.79 Å². The minimum Gasteiger partial charge on any atom is -0.368 e. The second kappa shape index (κ2) is 5.25. The van der Waals surface area contributed by atoms with E-state index in [0.717, 1.165) is 19.3 Å². The maximum Gasteiger partial charge on any atom is 0.249 e. The molecule has 3 nitrogen and oxygen atoms in total. The van der Waals surface area contributed by atoms with Crippen molar-refractivity contribution < 1.29 is 9.53 Å². The van der Waals surface area contributed by atoms with Crippen molar-refractivity contribution in [3.8, 4) is 0 Å². The first-order chi connectivity index (χ1) is 6.20. The topological polar surface area (TPSA) is 38.3 Å². The predicted molar refractivity (Wildman–Crippen MR) is 51.6 cm³/mol. The summed E-state index contributed by atoms with van der Waals surface area (Å²) in [5.74, 6) is -0.0819. The van der Waals surface area contributed by atoms with Crippen LogP contribution in [0, 0.1) is 0 Å². The summed E-state index contributed by atoms with van der Waals surface area (Å²) in [6, 6.07) is 0. The standard InChI is InChI=1S/C9H14ClNO2/c1-7(10)6-11-9(12)8-4-2-3-5-13-8/h8H,1-6H2,(H,11,12). The van der Waals surface area contributed by atoms with Gasteiger partial charge in [0.2, 0.25) is 5.91 Å². The molecule has 4 heteroatoms. The molecule has 0 bridgehead atoms. The molecule has 0 aromatic carbocycles. The summed E-state index contributed by atoms with van der Waals surface area (Å²) in [7, 11) is 0. The number of amides is 1. The first kappa shape index (κ1) is 10.5. The number of carbonyl (C=O) groups excluding carboxylic acids is 1. The SMILES string of the molecule is C=C(Cl)CNC(=O)C1CCCCO1. The molecule has 74 valence electrons. The summed E-state index contributed by atoms with van der Waals surface area (Å²) in [5.41, 5.74) is 0. The maximum absolute atomic E-state index is 11.4. The van der Waals surface area contributed by atoms with Crippen molar-refractivity contribution in [2.75, 3.05) is 13.2 Å². The first-order valence-electron chi connectivity index (χ1n) is 4.43. The number of carbonyl (C=O) groups is 1. The van der Waals surface area contributed by atoms with Crippen LogP contribution in [0.2, 0.25) is 0 Å². The van der Waals surface area contributed by atoms with Gasteiger partial charge in [0, 0.05) is 11.6 Å². The molecule has 0 aromatic heterocycles. The minimum atomic E-state index is -0.287. The van der Waals surface area contributed by atoms with Crippen LogP contribution in [-0.2, 0) is 9.53 Å². The van der Waals surface area contributed by atoms with Crippen molar-refractivity contribution in [2.45, 2.75) is 25.4 Å². The Hall–Kier alpha value is -0.540. The van der Waals surface area contributed by atoms with E-state index in [0.29, 0.717) is 18.2 Å². The molecular formula is C9H14ClNO2. The summed E-state index contributed by atoms with van der Waals surface area (Å²) in [6.07, 6.45) is 2.62. The molecule has 1 aliphatic heterocycles. The van der Waals surface area contributed by atoms with Crippen molar-refractivity contribution >= 4 is 17.5 Å². The number of hydrogen-bond donors (Lipinski definition) is 1. The fourth-order valence-corrected chi connectivity index (χ4v) is 1.31. The van der Waals surface area contributed by atoms with Gasteiger partial charge in [0.05, 0.1) is 6.54 Å². The van der Waals surface area contributed by atoms with E-state index >= 15 is 0 Å². The second-order valence-electron chi connectivity index (χ2n) is 3.09. The van der Waals surface area contributed by atoms with Crippen molar-refractivity contribution in [2.24, 2.45) is 0 Å². The van der Waals surface area contributed by atoms with Crippen molar-refractivity contribution in [1.29, 1.82) is 0 Å². The monoisotopic (exact) mass is 203 g/mol. The molecule has 13 heavy (non-hydrogen) atoms. The highest BCUT2D eigenvalue weighted by Crippen LogP contribution is 2.12. The molecule has 0 aromatic rings. The Morgan fingerprint density at radius 3 is 2.92 bits per heavy atom. The second-order valence-corrected chi connectivity index (χ2v) is 3.62. The molecule has 0 aliphatic carbocycles. The molecule has 1 N–H and O–H groups in total. The van der Waals surface area contributed by atoms with Gasteiger partial charge in [-0.25, -0.2) is 0 Å². The molecule has 1 aliphatic rings. The zero-order valence-electron chi connectivity index (χ0n) is 7.51. The first-order valence-corrected chi connectivity index (χ1v) is 4.80. The zero-order chi connectivity index (χ0) is 9.68. The molecule has 1 heterocycles. The van der Waals surface area contributed by atoms with Gasteiger partial charge in [-0.2, -0.15) is 0 Å². The van der Waals surface area contributed by atoms with Crippen LogP contribution in [0.1, 0.15) is 19.3 Å². The number of hydrogen-bond acceptors (Lipinski definition) is 2. The number of nitrogens with one attached hydrogen (secondary N) is 1. The van der Waals surface area contributed by atoms with Gasteiger partial charge in [0.1, 0.15) is 6.10 Å². The highest BCUT2D eigenvalue weighted by molar-refractivity contribution is 6.29. The van der Waals surface area contributed by atoms with Crippen molar-refractivity contribution in [3.05, 3.63) is 11.6 Å². The molecule has 1 amide bonds. The lowest BCUT2D eigenvalue weighted by molar-refractivity contribution is -0.135. The smallest absolute Gasteiger partial charge is 0.249 e. The zero-order valence-corrected chi connectivity index (χ0v) is 8.27. The van der Waals surface area contributed by atoms with Crippen LogP contribution in [0.3, 0.4) is 0 Å². The fourth-order valence-electron chi connectivity index (χ4n) is 1.24. The van der Waals surface area contributed by atoms with E-state index in [-0.39, 0.29) is 12.0 Å². The summed E-state index contributed by atoms with van der Waals surface area (Å²) >= 11 is 5.51. The van der Waals surface area contributed by atoms with Gasteiger partial charge in [-0.15, -0.1) is 0 Å². The molecular weight excluding hydrogens is 190 g/mol. The fraction of sp³-hybridized carbons (Fsp3) is 0.667. The third-order valence-electron chi connectivity index (χ3n) is 1.93. The third-order valence-corrected chi connectivity index (χ3v) is 2.06. The third kappa shape index (κ3) is 3.79. The van der Waals surface area contributed by atoms with E-state index < -0.39 is 0 Å². The van der Waals surface area contributed by atoms with E-state index in [1.54, 1.807) is 0 Å². The Kier molecular flexibility index (Phi) is 4.25. The Morgan fingerprint density at radius 1 is 1.62 bits per heavy atom. The van der Waals surface area contributed by atoms with Crippen molar-refractivity contribution in [3.63, 3.8) is 0 Å². The summed E-state index contributed by atoms with van der Waals surface area (Å²) in [5, 5.41) is 3.09. The Bertz CT molecular complexity index is 200. The lowest BCUT2D eigenvalue weighted by atomic mass is 10.1. The average molecular weight is 204 g/mol. The molecule has 0 spiro atoms. The molecule has 1 rings (SSSR count).